The normalized spacial score (nSPS) is 35.1. The number of hydrogen-bond donors (Lipinski definition) is 0. The molecule has 0 aromatic rings. The van der Waals surface area contributed by atoms with Gasteiger partial charge in [-0.2, -0.15) is 5.26 Å². The summed E-state index contributed by atoms with van der Waals surface area (Å²) in [7, 11) is 0. The van der Waals surface area contributed by atoms with Crippen LogP contribution >= 0.6 is 11.6 Å². The van der Waals surface area contributed by atoms with Crippen molar-refractivity contribution in [3.8, 4) is 6.07 Å². The van der Waals surface area contributed by atoms with Gasteiger partial charge in [0.25, 0.3) is 0 Å². The van der Waals surface area contributed by atoms with Crippen molar-refractivity contribution >= 4 is 17.6 Å². The minimum atomic E-state index is -1.91. The summed E-state index contributed by atoms with van der Waals surface area (Å²) in [4.78, 5) is 11.4. The molecule has 2 atom stereocenters. The van der Waals surface area contributed by atoms with Crippen LogP contribution in [0.25, 0.3) is 0 Å². The molecule has 1 fully saturated rings. The zero-order chi connectivity index (χ0) is 11.0. The van der Waals surface area contributed by atoms with Gasteiger partial charge in [0.2, 0.25) is 0 Å². The molecule has 3 nitrogen and oxygen atoms in total. The number of alkyl halides is 2. The zero-order valence-corrected chi connectivity index (χ0v) is 8.77. The van der Waals surface area contributed by atoms with E-state index >= 15 is 0 Å². The van der Waals surface area contributed by atoms with Crippen LogP contribution in [0.15, 0.2) is 0 Å². The van der Waals surface area contributed by atoms with Crippen LogP contribution in [-0.4, -0.2) is 23.6 Å². The average Bonchev–Trinajstić information content (AvgIpc) is 2.73. The van der Waals surface area contributed by atoms with E-state index in [1.165, 1.54) is 0 Å². The predicted octanol–water partition coefficient (Wildman–Crippen LogP) is 1.80. The molecule has 14 heavy (non-hydrogen) atoms. The smallest absolute Gasteiger partial charge is 0.330 e. The lowest BCUT2D eigenvalue weighted by molar-refractivity contribution is -0.153. The third-order valence-corrected chi connectivity index (χ3v) is 2.70. The Balaban J connectivity index is 2.77. The van der Waals surface area contributed by atoms with Gasteiger partial charge < -0.3 is 4.74 Å². The van der Waals surface area contributed by atoms with Gasteiger partial charge in [0.1, 0.15) is 0 Å². The summed E-state index contributed by atoms with van der Waals surface area (Å²) in [5.74, 6) is -1.16. The fourth-order valence-electron chi connectivity index (χ4n) is 1.29. The highest BCUT2D eigenvalue weighted by Crippen LogP contribution is 2.60. The minimum absolute atomic E-state index is 0.161. The summed E-state index contributed by atoms with van der Waals surface area (Å²) < 4.78 is 18.4. The highest BCUT2D eigenvalue weighted by molar-refractivity contribution is 6.19. The molecule has 0 radical (unpaired) electrons. The number of carbonyl (C=O) groups excluding carboxylic acids is 1. The molecule has 0 amide bonds. The third kappa shape index (κ3) is 1.46. The van der Waals surface area contributed by atoms with E-state index in [2.05, 4.69) is 0 Å². The Morgan fingerprint density at radius 3 is 2.64 bits per heavy atom. The highest BCUT2D eigenvalue weighted by Gasteiger charge is 2.76. The Bertz CT molecular complexity index is 302. The van der Waals surface area contributed by atoms with Crippen LogP contribution in [0.2, 0.25) is 0 Å². The van der Waals surface area contributed by atoms with Gasteiger partial charge in [0, 0.05) is 6.42 Å². The number of esters is 1. The van der Waals surface area contributed by atoms with Gasteiger partial charge in [-0.25, -0.2) is 4.39 Å². The largest absolute Gasteiger partial charge is 0.462 e. The van der Waals surface area contributed by atoms with E-state index in [-0.39, 0.29) is 18.4 Å². The summed E-state index contributed by atoms with van der Waals surface area (Å²) in [6.45, 7) is 3.29. The van der Waals surface area contributed by atoms with Crippen molar-refractivity contribution in [1.82, 2.24) is 0 Å². The first-order valence-electron chi connectivity index (χ1n) is 4.29. The van der Waals surface area contributed by atoms with Gasteiger partial charge in [-0.15, -0.1) is 11.6 Å². The fourth-order valence-corrected chi connectivity index (χ4v) is 1.62. The van der Waals surface area contributed by atoms with E-state index in [0.717, 1.165) is 0 Å². The first kappa shape index (κ1) is 11.3. The van der Waals surface area contributed by atoms with Crippen molar-refractivity contribution in [2.24, 2.45) is 5.41 Å². The van der Waals surface area contributed by atoms with Gasteiger partial charge in [0.05, 0.1) is 18.1 Å². The maximum atomic E-state index is 13.6. The van der Waals surface area contributed by atoms with Crippen LogP contribution in [0.4, 0.5) is 4.39 Å². The Morgan fingerprint density at radius 1 is 1.79 bits per heavy atom. The number of halogens is 2. The fraction of sp³-hybridized carbons (Fsp3) is 0.778. The molecule has 5 heteroatoms. The minimum Gasteiger partial charge on any atom is -0.462 e. The monoisotopic (exact) mass is 219 g/mol. The predicted molar refractivity (Wildman–Crippen MR) is 48.5 cm³/mol. The van der Waals surface area contributed by atoms with Gasteiger partial charge in [-0.1, -0.05) is 0 Å². The molecule has 0 heterocycles. The lowest BCUT2D eigenvalue weighted by atomic mass is 10.1. The molecule has 0 bridgehead atoms. The van der Waals surface area contributed by atoms with Crippen LogP contribution in [-0.2, 0) is 9.53 Å². The standard InChI is InChI=1S/C9H11ClFNO2/c1-6(2)14-7(13)8(5-12)3-9(8,11)4-10/h6H,3-4H2,1-2H3/t8-,9+/m0/s1. The van der Waals surface area contributed by atoms with Gasteiger partial charge in [-0.05, 0) is 13.8 Å². The maximum Gasteiger partial charge on any atom is 0.330 e. The summed E-state index contributed by atoms with van der Waals surface area (Å²) in [5, 5.41) is 8.76. The van der Waals surface area contributed by atoms with Gasteiger partial charge >= 0.3 is 5.97 Å². The van der Waals surface area contributed by atoms with Crippen molar-refractivity contribution in [1.29, 1.82) is 5.26 Å². The van der Waals surface area contributed by atoms with Crippen molar-refractivity contribution in [2.75, 3.05) is 5.88 Å². The van der Waals surface area contributed by atoms with Crippen molar-refractivity contribution in [3.63, 3.8) is 0 Å². The molecule has 0 unspecified atom stereocenters. The SMILES string of the molecule is CC(C)OC(=O)[C@@]1(C#N)C[C@@]1(F)CCl. The van der Waals surface area contributed by atoms with Crippen LogP contribution in [0.3, 0.4) is 0 Å². The van der Waals surface area contributed by atoms with Crippen molar-refractivity contribution < 1.29 is 13.9 Å². The quantitative estimate of drug-likeness (QED) is 0.537. The molecule has 0 aromatic carbocycles. The number of ether oxygens (including phenoxy) is 1. The van der Waals surface area contributed by atoms with E-state index < -0.39 is 17.1 Å². The second kappa shape index (κ2) is 3.39. The number of carbonyl (C=O) groups is 1. The Kier molecular flexibility index (Phi) is 2.73. The van der Waals surface area contributed by atoms with Gasteiger partial charge in [0.15, 0.2) is 11.1 Å². The molecule has 1 aliphatic carbocycles. The van der Waals surface area contributed by atoms with E-state index in [1.54, 1.807) is 19.9 Å². The first-order valence-corrected chi connectivity index (χ1v) is 4.82. The lowest BCUT2D eigenvalue weighted by Crippen LogP contribution is -2.29. The average molecular weight is 220 g/mol. The topological polar surface area (TPSA) is 50.1 Å². The van der Waals surface area contributed by atoms with E-state index in [0.29, 0.717) is 0 Å². The molecule has 0 N–H and O–H groups in total. The first-order chi connectivity index (χ1) is 6.42. The molecule has 0 saturated heterocycles. The summed E-state index contributed by atoms with van der Waals surface area (Å²) in [6, 6.07) is 1.67. The van der Waals surface area contributed by atoms with Gasteiger partial charge in [-0.3, -0.25) is 4.79 Å². The van der Waals surface area contributed by atoms with Crippen LogP contribution in [0.1, 0.15) is 20.3 Å². The Hall–Kier alpha value is -0.820. The van der Waals surface area contributed by atoms with E-state index in [9.17, 15) is 9.18 Å². The molecule has 0 aromatic heterocycles. The lowest BCUT2D eigenvalue weighted by Gasteiger charge is -2.13. The molecule has 0 spiro atoms. The van der Waals surface area contributed by atoms with Crippen LogP contribution in [0.5, 0.6) is 0 Å². The molecular weight excluding hydrogens is 209 g/mol. The Labute approximate surface area is 86.8 Å². The highest BCUT2D eigenvalue weighted by atomic mass is 35.5. The molecule has 1 rings (SSSR count). The number of nitriles is 1. The van der Waals surface area contributed by atoms with E-state index in [4.69, 9.17) is 21.6 Å². The second-order valence-corrected chi connectivity index (χ2v) is 4.01. The molecule has 1 aliphatic rings. The van der Waals surface area contributed by atoms with Crippen LogP contribution in [0, 0.1) is 16.7 Å². The number of hydrogen-bond acceptors (Lipinski definition) is 3. The second-order valence-electron chi connectivity index (χ2n) is 3.75. The van der Waals surface area contributed by atoms with Crippen LogP contribution < -0.4 is 0 Å². The summed E-state index contributed by atoms with van der Waals surface area (Å²) >= 11 is 5.35. The third-order valence-electron chi connectivity index (χ3n) is 2.28. The molecule has 78 valence electrons. The number of nitrogens with zero attached hydrogens (tertiary/aromatic N) is 1. The van der Waals surface area contributed by atoms with Crippen molar-refractivity contribution in [3.05, 3.63) is 0 Å². The zero-order valence-electron chi connectivity index (χ0n) is 8.01. The summed E-state index contributed by atoms with van der Waals surface area (Å²) in [6.07, 6.45) is -0.515. The van der Waals surface area contributed by atoms with Crippen molar-refractivity contribution in [2.45, 2.75) is 32.0 Å². The molecule has 0 aliphatic heterocycles. The molecule has 1 saturated carbocycles. The number of rotatable bonds is 3. The Morgan fingerprint density at radius 2 is 2.36 bits per heavy atom. The maximum absolute atomic E-state index is 13.6. The van der Waals surface area contributed by atoms with E-state index in [1.807, 2.05) is 0 Å². The molecular formula is C9H11ClFNO2. The summed E-state index contributed by atoms with van der Waals surface area (Å²) in [5.41, 5.74) is -3.58.